The lowest BCUT2D eigenvalue weighted by Gasteiger charge is -2.16. The Labute approximate surface area is 96.6 Å². The van der Waals surface area contributed by atoms with Crippen LogP contribution in [0.3, 0.4) is 0 Å². The molecule has 0 amide bonds. The Balaban J connectivity index is 1.79. The van der Waals surface area contributed by atoms with Gasteiger partial charge >= 0.3 is 0 Å². The van der Waals surface area contributed by atoms with Crippen LogP contribution < -0.4 is 0 Å². The monoisotopic (exact) mass is 233 g/mol. The number of hydrogen-bond acceptors (Lipinski definition) is 6. The number of hydrogen-bond donors (Lipinski definition) is 1. The highest BCUT2D eigenvalue weighted by Crippen LogP contribution is 2.30. The van der Waals surface area contributed by atoms with Crippen LogP contribution in [0.2, 0.25) is 0 Å². The molecule has 1 fully saturated rings. The number of rotatable bonds is 2. The number of H-pyrrole nitrogens is 1. The van der Waals surface area contributed by atoms with Gasteiger partial charge in [0.25, 0.3) is 0 Å². The Hall–Kier alpha value is -2.05. The molecule has 7 nitrogen and oxygen atoms in total. The Morgan fingerprint density at radius 3 is 2.88 bits per heavy atom. The van der Waals surface area contributed by atoms with E-state index in [0.717, 1.165) is 12.8 Å². The predicted molar refractivity (Wildman–Crippen MR) is 55.9 cm³/mol. The number of aromatic amines is 1. The number of nitrogens with zero attached hydrogens (tertiary/aromatic N) is 4. The minimum atomic E-state index is 0.195. The van der Waals surface area contributed by atoms with Gasteiger partial charge in [-0.2, -0.15) is 20.4 Å². The zero-order valence-electron chi connectivity index (χ0n) is 9.09. The molecule has 2 aromatic heterocycles. The van der Waals surface area contributed by atoms with Crippen LogP contribution in [0.1, 0.15) is 37.5 Å². The van der Waals surface area contributed by atoms with Gasteiger partial charge < -0.3 is 4.52 Å². The van der Waals surface area contributed by atoms with Crippen LogP contribution in [-0.4, -0.2) is 31.3 Å². The van der Waals surface area contributed by atoms with Gasteiger partial charge in [-0.15, -0.1) is 0 Å². The summed E-state index contributed by atoms with van der Waals surface area (Å²) >= 11 is 0. The van der Waals surface area contributed by atoms with E-state index < -0.39 is 0 Å². The molecule has 1 saturated carbocycles. The molecule has 0 radical (unpaired) electrons. The summed E-state index contributed by atoms with van der Waals surface area (Å²) in [6.45, 7) is 0. The Morgan fingerprint density at radius 1 is 1.35 bits per heavy atom. The minimum Gasteiger partial charge on any atom is -0.339 e. The summed E-state index contributed by atoms with van der Waals surface area (Å²) in [6, 6.07) is 0. The van der Waals surface area contributed by atoms with Crippen molar-refractivity contribution >= 4 is 5.78 Å². The van der Waals surface area contributed by atoms with Gasteiger partial charge in [0.15, 0.2) is 5.69 Å². The van der Waals surface area contributed by atoms with Gasteiger partial charge in [0.05, 0.1) is 6.20 Å². The molecule has 2 aromatic rings. The fourth-order valence-corrected chi connectivity index (χ4v) is 2.00. The lowest BCUT2D eigenvalue weighted by Crippen LogP contribution is -2.12. The topological polar surface area (TPSA) is 97.6 Å². The third-order valence-electron chi connectivity index (χ3n) is 2.98. The van der Waals surface area contributed by atoms with Crippen LogP contribution in [0.4, 0.5) is 0 Å². The molecule has 0 aliphatic heterocycles. The smallest absolute Gasteiger partial charge is 0.230 e. The maximum Gasteiger partial charge on any atom is 0.230 e. The molecule has 2 heterocycles. The summed E-state index contributed by atoms with van der Waals surface area (Å²) in [5.74, 6) is 1.54. The zero-order valence-corrected chi connectivity index (χ0v) is 9.09. The van der Waals surface area contributed by atoms with Gasteiger partial charge in [-0.05, 0) is 12.8 Å². The highest BCUT2D eigenvalue weighted by molar-refractivity contribution is 5.79. The number of carbonyl (C=O) groups is 1. The molecule has 17 heavy (non-hydrogen) atoms. The molecule has 0 unspecified atom stereocenters. The maximum absolute atomic E-state index is 11.1. The first-order valence-corrected chi connectivity index (χ1v) is 5.54. The van der Waals surface area contributed by atoms with Crippen molar-refractivity contribution < 1.29 is 9.32 Å². The van der Waals surface area contributed by atoms with Crippen LogP contribution in [0.15, 0.2) is 10.7 Å². The average molecular weight is 233 g/mol. The van der Waals surface area contributed by atoms with Crippen molar-refractivity contribution in [3.8, 4) is 11.5 Å². The summed E-state index contributed by atoms with van der Waals surface area (Å²) in [6.07, 6.45) is 4.33. The van der Waals surface area contributed by atoms with Crippen molar-refractivity contribution in [3.63, 3.8) is 0 Å². The molecule has 3 rings (SSSR count). The first-order valence-electron chi connectivity index (χ1n) is 5.54. The largest absolute Gasteiger partial charge is 0.339 e. The lowest BCUT2D eigenvalue weighted by molar-refractivity contribution is -0.120. The fraction of sp³-hybridized carbons (Fsp3) is 0.500. The number of nitrogens with one attached hydrogen (secondary N) is 1. The first kappa shape index (κ1) is 10.1. The van der Waals surface area contributed by atoms with E-state index in [1.54, 1.807) is 6.20 Å². The van der Waals surface area contributed by atoms with E-state index in [-0.39, 0.29) is 5.92 Å². The van der Waals surface area contributed by atoms with E-state index >= 15 is 0 Å². The number of aromatic nitrogens is 5. The third-order valence-corrected chi connectivity index (χ3v) is 2.98. The van der Waals surface area contributed by atoms with Crippen molar-refractivity contribution in [2.45, 2.75) is 31.6 Å². The quantitative estimate of drug-likeness (QED) is 0.833. The van der Waals surface area contributed by atoms with Gasteiger partial charge in [0, 0.05) is 18.8 Å². The molecule has 0 atom stereocenters. The Kier molecular flexibility index (Phi) is 2.43. The number of carbonyl (C=O) groups excluding carboxylic acids is 1. The highest BCUT2D eigenvalue weighted by atomic mass is 16.5. The highest BCUT2D eigenvalue weighted by Gasteiger charge is 2.25. The summed E-state index contributed by atoms with van der Waals surface area (Å²) in [7, 11) is 0. The van der Waals surface area contributed by atoms with Gasteiger partial charge in [-0.25, -0.2) is 0 Å². The van der Waals surface area contributed by atoms with Crippen molar-refractivity contribution in [1.29, 1.82) is 0 Å². The van der Waals surface area contributed by atoms with Crippen molar-refractivity contribution in [3.05, 3.63) is 12.1 Å². The molecule has 7 heteroatoms. The molecule has 1 N–H and O–H groups in total. The van der Waals surface area contributed by atoms with Crippen molar-refractivity contribution in [1.82, 2.24) is 25.6 Å². The molecule has 0 aromatic carbocycles. The van der Waals surface area contributed by atoms with Gasteiger partial charge in [0.1, 0.15) is 5.78 Å². The van der Waals surface area contributed by atoms with E-state index in [1.165, 1.54) is 0 Å². The van der Waals surface area contributed by atoms with Crippen LogP contribution >= 0.6 is 0 Å². The third kappa shape index (κ3) is 1.95. The molecule has 1 aliphatic carbocycles. The fourth-order valence-electron chi connectivity index (χ4n) is 2.00. The first-order chi connectivity index (χ1) is 8.33. The number of ketones is 1. The van der Waals surface area contributed by atoms with Crippen LogP contribution in [-0.2, 0) is 4.79 Å². The van der Waals surface area contributed by atoms with Gasteiger partial charge in [0.2, 0.25) is 11.7 Å². The van der Waals surface area contributed by atoms with Crippen molar-refractivity contribution in [2.75, 3.05) is 0 Å². The second-order valence-electron chi connectivity index (χ2n) is 4.12. The van der Waals surface area contributed by atoms with E-state index in [2.05, 4.69) is 25.6 Å². The molecule has 0 spiro atoms. The second-order valence-corrected chi connectivity index (χ2v) is 4.12. The van der Waals surface area contributed by atoms with Crippen molar-refractivity contribution in [2.24, 2.45) is 0 Å². The lowest BCUT2D eigenvalue weighted by atomic mass is 9.88. The maximum atomic E-state index is 11.1. The normalized spacial score (nSPS) is 17.5. The summed E-state index contributed by atoms with van der Waals surface area (Å²) in [4.78, 5) is 15.4. The molecule has 1 aliphatic rings. The molecule has 0 bridgehead atoms. The van der Waals surface area contributed by atoms with E-state index in [1.807, 2.05) is 0 Å². The average Bonchev–Trinajstić information content (AvgIpc) is 3.00. The summed E-state index contributed by atoms with van der Waals surface area (Å²) < 4.78 is 5.21. The summed E-state index contributed by atoms with van der Waals surface area (Å²) in [5.41, 5.74) is 0.562. The molecular weight excluding hydrogens is 222 g/mol. The number of Topliss-reactive ketones (excluding diaryl/α,β-unsaturated/α-hetero) is 1. The van der Waals surface area contributed by atoms with Crippen LogP contribution in [0.25, 0.3) is 11.5 Å². The zero-order chi connectivity index (χ0) is 11.7. The van der Waals surface area contributed by atoms with Crippen LogP contribution in [0, 0.1) is 0 Å². The van der Waals surface area contributed by atoms with E-state index in [4.69, 9.17) is 4.52 Å². The molecule has 88 valence electrons. The molecular formula is C10H11N5O2. The Morgan fingerprint density at radius 2 is 2.18 bits per heavy atom. The van der Waals surface area contributed by atoms with Crippen LogP contribution in [0.5, 0.6) is 0 Å². The summed E-state index contributed by atoms with van der Waals surface area (Å²) in [5, 5.41) is 13.9. The molecule has 0 saturated heterocycles. The standard InChI is InChI=1S/C10H11N5O2/c16-7-3-1-6(2-4-7)10-12-9(14-17-10)8-5-11-15-13-8/h5-6H,1-4H2,(H,11,13,15). The Bertz CT molecular complexity index is 509. The minimum absolute atomic E-state index is 0.195. The van der Waals surface area contributed by atoms with E-state index in [0.29, 0.717) is 36.0 Å². The SMILES string of the molecule is O=C1CCC(c2nc(-c3cn[nH]n3)no2)CC1. The van der Waals surface area contributed by atoms with E-state index in [9.17, 15) is 4.79 Å². The second kappa shape index (κ2) is 4.08. The predicted octanol–water partition coefficient (Wildman–Crippen LogP) is 1.08. The van der Waals surface area contributed by atoms with Gasteiger partial charge in [-0.3, -0.25) is 4.79 Å². The van der Waals surface area contributed by atoms with Gasteiger partial charge in [-0.1, -0.05) is 5.16 Å².